The van der Waals surface area contributed by atoms with Crippen LogP contribution in [0.15, 0.2) is 48.7 Å². The van der Waals surface area contributed by atoms with Gasteiger partial charge in [0.05, 0.1) is 0 Å². The van der Waals surface area contributed by atoms with Crippen molar-refractivity contribution in [2.45, 2.75) is 25.2 Å². The summed E-state index contributed by atoms with van der Waals surface area (Å²) >= 11 is 0. The Kier molecular flexibility index (Phi) is 4.34. The van der Waals surface area contributed by atoms with Gasteiger partial charge in [0, 0.05) is 30.3 Å². The van der Waals surface area contributed by atoms with E-state index < -0.39 is 5.97 Å². The molecule has 0 spiro atoms. The number of pyridine rings is 1. The van der Waals surface area contributed by atoms with Crippen LogP contribution in [0, 0.1) is 0 Å². The quantitative estimate of drug-likeness (QED) is 0.942. The van der Waals surface area contributed by atoms with Gasteiger partial charge in [0.25, 0.3) is 5.91 Å². The summed E-state index contributed by atoms with van der Waals surface area (Å²) < 4.78 is 0. The molecule has 0 aliphatic carbocycles. The number of carbonyl (C=O) groups is 2. The van der Waals surface area contributed by atoms with Gasteiger partial charge in [0.2, 0.25) is 0 Å². The van der Waals surface area contributed by atoms with Crippen molar-refractivity contribution < 1.29 is 14.7 Å². The van der Waals surface area contributed by atoms with Crippen molar-refractivity contribution in [1.82, 2.24) is 9.88 Å². The van der Waals surface area contributed by atoms with E-state index in [4.69, 9.17) is 5.11 Å². The number of hydrogen-bond donors (Lipinski definition) is 1. The molecule has 0 saturated carbocycles. The highest BCUT2D eigenvalue weighted by Crippen LogP contribution is 2.34. The average Bonchev–Trinajstić information content (AvgIpc) is 2.62. The molecule has 124 valence electrons. The maximum Gasteiger partial charge on any atom is 0.354 e. The molecule has 1 amide bonds. The summed E-state index contributed by atoms with van der Waals surface area (Å²) in [4.78, 5) is 29.4. The maximum atomic E-state index is 12.8. The van der Waals surface area contributed by atoms with E-state index in [9.17, 15) is 9.59 Å². The summed E-state index contributed by atoms with van der Waals surface area (Å²) in [6.45, 7) is 3.49. The first kappa shape index (κ1) is 16.2. The van der Waals surface area contributed by atoms with Gasteiger partial charge in [0.1, 0.15) is 5.69 Å². The Morgan fingerprint density at radius 2 is 1.96 bits per heavy atom. The van der Waals surface area contributed by atoms with E-state index in [2.05, 4.69) is 24.0 Å². The van der Waals surface area contributed by atoms with Gasteiger partial charge in [-0.2, -0.15) is 0 Å². The fourth-order valence-corrected chi connectivity index (χ4v) is 3.35. The van der Waals surface area contributed by atoms with Gasteiger partial charge in [0.15, 0.2) is 0 Å². The van der Waals surface area contributed by atoms with Crippen LogP contribution in [0.4, 0.5) is 0 Å². The minimum atomic E-state index is -1.13. The van der Waals surface area contributed by atoms with Crippen molar-refractivity contribution in [2.24, 2.45) is 0 Å². The second-order valence-electron chi connectivity index (χ2n) is 6.49. The van der Waals surface area contributed by atoms with Gasteiger partial charge in [-0.1, -0.05) is 37.3 Å². The summed E-state index contributed by atoms with van der Waals surface area (Å²) in [6.07, 6.45) is 3.32. The number of rotatable bonds is 3. The molecule has 1 unspecified atom stereocenters. The molecule has 3 rings (SSSR count). The maximum absolute atomic E-state index is 12.8. The molecule has 24 heavy (non-hydrogen) atoms. The zero-order valence-electron chi connectivity index (χ0n) is 13.6. The van der Waals surface area contributed by atoms with Gasteiger partial charge in [-0.25, -0.2) is 9.78 Å². The van der Waals surface area contributed by atoms with Crippen LogP contribution in [0.3, 0.4) is 0 Å². The first-order chi connectivity index (χ1) is 11.5. The van der Waals surface area contributed by atoms with Crippen molar-refractivity contribution in [2.75, 3.05) is 13.1 Å². The van der Waals surface area contributed by atoms with Crippen LogP contribution in [0.5, 0.6) is 0 Å². The van der Waals surface area contributed by atoms with E-state index in [0.717, 1.165) is 12.8 Å². The summed E-state index contributed by atoms with van der Waals surface area (Å²) in [5, 5.41) is 9.05. The Bertz CT molecular complexity index is 760. The Hall–Kier alpha value is -2.69. The fourth-order valence-electron chi connectivity index (χ4n) is 3.35. The second-order valence-corrected chi connectivity index (χ2v) is 6.49. The molecule has 2 aromatic rings. The van der Waals surface area contributed by atoms with Gasteiger partial charge in [-0.15, -0.1) is 0 Å². The largest absolute Gasteiger partial charge is 0.477 e. The van der Waals surface area contributed by atoms with Crippen LogP contribution < -0.4 is 0 Å². The van der Waals surface area contributed by atoms with Crippen molar-refractivity contribution >= 4 is 11.9 Å². The van der Waals surface area contributed by atoms with Crippen molar-refractivity contribution in [3.05, 3.63) is 65.5 Å². The van der Waals surface area contributed by atoms with E-state index in [1.807, 2.05) is 23.1 Å². The minimum absolute atomic E-state index is 0.0855. The second kappa shape index (κ2) is 6.43. The molecule has 1 aromatic carbocycles. The number of carboxylic acids is 1. The molecular weight excluding hydrogens is 304 g/mol. The molecule has 1 aromatic heterocycles. The molecule has 1 atom stereocenters. The Labute approximate surface area is 140 Å². The molecule has 2 heterocycles. The number of benzene rings is 1. The lowest BCUT2D eigenvalue weighted by Crippen LogP contribution is -2.47. The van der Waals surface area contributed by atoms with Crippen LogP contribution in [-0.2, 0) is 5.41 Å². The van der Waals surface area contributed by atoms with Gasteiger partial charge >= 0.3 is 5.97 Å². The van der Waals surface area contributed by atoms with E-state index >= 15 is 0 Å². The minimum Gasteiger partial charge on any atom is -0.477 e. The monoisotopic (exact) mass is 324 g/mol. The van der Waals surface area contributed by atoms with E-state index in [1.54, 1.807) is 6.07 Å². The van der Waals surface area contributed by atoms with Crippen molar-refractivity contribution in [3.63, 3.8) is 0 Å². The van der Waals surface area contributed by atoms with Gasteiger partial charge < -0.3 is 10.0 Å². The Morgan fingerprint density at radius 1 is 1.21 bits per heavy atom. The standard InChI is InChI=1S/C19H20N2O3/c1-19(15-6-3-2-4-7-15)9-5-11-21(13-19)17(22)14-8-10-20-16(12-14)18(23)24/h2-4,6-8,10,12H,5,9,11,13H2,1H3,(H,23,24). The van der Waals surface area contributed by atoms with E-state index in [-0.39, 0.29) is 17.0 Å². The molecule has 5 heteroatoms. The van der Waals surface area contributed by atoms with Crippen LogP contribution in [0.2, 0.25) is 0 Å². The van der Waals surface area contributed by atoms with E-state index in [1.165, 1.54) is 17.8 Å². The lowest BCUT2D eigenvalue weighted by atomic mass is 9.76. The topological polar surface area (TPSA) is 70.5 Å². The first-order valence-electron chi connectivity index (χ1n) is 8.04. The van der Waals surface area contributed by atoms with E-state index in [0.29, 0.717) is 18.7 Å². The summed E-state index contributed by atoms with van der Waals surface area (Å²) in [5.74, 6) is -1.26. The molecule has 1 fully saturated rings. The normalized spacial score (nSPS) is 20.6. The average molecular weight is 324 g/mol. The molecule has 1 N–H and O–H groups in total. The lowest BCUT2D eigenvalue weighted by molar-refractivity contribution is 0.0650. The smallest absolute Gasteiger partial charge is 0.354 e. The zero-order chi connectivity index (χ0) is 17.2. The summed E-state index contributed by atoms with van der Waals surface area (Å²) in [6, 6.07) is 13.1. The number of nitrogens with zero attached hydrogens (tertiary/aromatic N) is 2. The lowest BCUT2D eigenvalue weighted by Gasteiger charge is -2.41. The number of piperidine rings is 1. The van der Waals surface area contributed by atoms with Crippen LogP contribution >= 0.6 is 0 Å². The Balaban J connectivity index is 1.83. The number of carboxylic acid groups (broad SMARTS) is 1. The molecule has 1 aliphatic heterocycles. The first-order valence-corrected chi connectivity index (χ1v) is 8.04. The Morgan fingerprint density at radius 3 is 2.67 bits per heavy atom. The molecule has 1 aliphatic rings. The number of amides is 1. The van der Waals surface area contributed by atoms with Crippen LogP contribution in [0.25, 0.3) is 0 Å². The highest BCUT2D eigenvalue weighted by atomic mass is 16.4. The molecule has 5 nitrogen and oxygen atoms in total. The number of aromatic nitrogens is 1. The molecule has 0 radical (unpaired) electrons. The highest BCUT2D eigenvalue weighted by Gasteiger charge is 2.34. The summed E-state index contributed by atoms with van der Waals surface area (Å²) in [5.41, 5.74) is 1.41. The van der Waals surface area contributed by atoms with Crippen molar-refractivity contribution in [3.8, 4) is 0 Å². The molecule has 1 saturated heterocycles. The third kappa shape index (κ3) is 3.15. The van der Waals surface area contributed by atoms with Gasteiger partial charge in [-0.05, 0) is 30.5 Å². The predicted molar refractivity (Wildman–Crippen MR) is 90.1 cm³/mol. The van der Waals surface area contributed by atoms with Gasteiger partial charge in [-0.3, -0.25) is 4.79 Å². The fraction of sp³-hybridized carbons (Fsp3) is 0.316. The van der Waals surface area contributed by atoms with Crippen LogP contribution in [-0.4, -0.2) is 40.0 Å². The molecular formula is C19H20N2O3. The third-order valence-electron chi connectivity index (χ3n) is 4.68. The van der Waals surface area contributed by atoms with Crippen LogP contribution in [0.1, 0.15) is 46.2 Å². The SMILES string of the molecule is CC1(c2ccccc2)CCCN(C(=O)c2ccnc(C(=O)O)c2)C1. The molecule has 0 bridgehead atoms. The number of carbonyl (C=O) groups excluding carboxylic acids is 1. The predicted octanol–water partition coefficient (Wildman–Crippen LogP) is 2.97. The number of likely N-dealkylation sites (tertiary alicyclic amines) is 1. The zero-order valence-corrected chi connectivity index (χ0v) is 13.6. The summed E-state index contributed by atoms with van der Waals surface area (Å²) in [7, 11) is 0. The third-order valence-corrected chi connectivity index (χ3v) is 4.68. The number of aromatic carboxylic acids is 1. The number of hydrogen-bond acceptors (Lipinski definition) is 3. The highest BCUT2D eigenvalue weighted by molar-refractivity contribution is 5.96. The van der Waals surface area contributed by atoms with Crippen molar-refractivity contribution in [1.29, 1.82) is 0 Å².